The molecule has 0 bridgehead atoms. The number of hydrogen-bond donors (Lipinski definition) is 2. The largest absolute Gasteiger partial charge is 0.491 e. The Morgan fingerprint density at radius 2 is 2.05 bits per heavy atom. The van der Waals surface area contributed by atoms with Crippen LogP contribution in [0.4, 0.5) is 4.79 Å². The van der Waals surface area contributed by atoms with Gasteiger partial charge >= 0.3 is 6.03 Å². The lowest BCUT2D eigenvalue weighted by molar-refractivity contribution is 0.226. The van der Waals surface area contributed by atoms with E-state index < -0.39 is 0 Å². The minimum absolute atomic E-state index is 0.0292. The van der Waals surface area contributed by atoms with Crippen molar-refractivity contribution in [1.29, 1.82) is 0 Å². The molecule has 0 aliphatic rings. The molecule has 0 radical (unpaired) electrons. The van der Waals surface area contributed by atoms with Crippen molar-refractivity contribution in [3.8, 4) is 5.75 Å². The van der Waals surface area contributed by atoms with Crippen LogP contribution >= 0.6 is 0 Å². The molecule has 0 aliphatic heterocycles. The standard InChI is InChI=1S/C15H24N2O2/c1-5-8-16-15(18)17-13(4)10-19-14-7-6-11(2)12(3)9-14/h6-7,9,13H,5,8,10H2,1-4H3,(H2,16,17,18)/t13-/m1/s1. The maximum Gasteiger partial charge on any atom is 0.315 e. The van der Waals surface area contributed by atoms with Gasteiger partial charge in [0.2, 0.25) is 0 Å². The number of nitrogens with one attached hydrogen (secondary N) is 2. The van der Waals surface area contributed by atoms with E-state index in [0.29, 0.717) is 13.2 Å². The third-order valence-corrected chi connectivity index (χ3v) is 2.89. The summed E-state index contributed by atoms with van der Waals surface area (Å²) < 4.78 is 5.67. The molecule has 2 amide bonds. The van der Waals surface area contributed by atoms with Crippen molar-refractivity contribution in [1.82, 2.24) is 10.6 Å². The first kappa shape index (κ1) is 15.3. The second-order valence-electron chi connectivity index (χ2n) is 4.86. The molecule has 1 rings (SSSR count). The Hall–Kier alpha value is -1.71. The molecule has 106 valence electrons. The van der Waals surface area contributed by atoms with Crippen LogP contribution in [-0.4, -0.2) is 25.2 Å². The fourth-order valence-electron chi connectivity index (χ4n) is 1.58. The van der Waals surface area contributed by atoms with Gasteiger partial charge in [0.25, 0.3) is 0 Å². The van der Waals surface area contributed by atoms with Crippen LogP contribution in [0.25, 0.3) is 0 Å². The molecule has 19 heavy (non-hydrogen) atoms. The van der Waals surface area contributed by atoms with E-state index >= 15 is 0 Å². The van der Waals surface area contributed by atoms with Crippen LogP contribution in [0.2, 0.25) is 0 Å². The summed E-state index contributed by atoms with van der Waals surface area (Å²) in [7, 11) is 0. The Morgan fingerprint density at radius 1 is 1.32 bits per heavy atom. The molecule has 4 nitrogen and oxygen atoms in total. The third-order valence-electron chi connectivity index (χ3n) is 2.89. The molecule has 1 aromatic rings. The number of benzene rings is 1. The van der Waals surface area contributed by atoms with Crippen molar-refractivity contribution in [2.24, 2.45) is 0 Å². The molecule has 0 spiro atoms. The van der Waals surface area contributed by atoms with Gasteiger partial charge in [-0.2, -0.15) is 0 Å². The predicted octanol–water partition coefficient (Wildman–Crippen LogP) is 2.78. The fourth-order valence-corrected chi connectivity index (χ4v) is 1.58. The van der Waals surface area contributed by atoms with Gasteiger partial charge in [0.05, 0.1) is 6.04 Å². The molecular weight excluding hydrogens is 240 g/mol. The Morgan fingerprint density at radius 3 is 2.68 bits per heavy atom. The van der Waals surface area contributed by atoms with Crippen LogP contribution in [0.3, 0.4) is 0 Å². The molecule has 0 saturated heterocycles. The van der Waals surface area contributed by atoms with E-state index in [-0.39, 0.29) is 12.1 Å². The second-order valence-corrected chi connectivity index (χ2v) is 4.86. The van der Waals surface area contributed by atoms with E-state index in [0.717, 1.165) is 12.2 Å². The second kappa shape index (κ2) is 7.67. The fraction of sp³-hybridized carbons (Fsp3) is 0.533. The van der Waals surface area contributed by atoms with Crippen molar-refractivity contribution in [2.75, 3.05) is 13.2 Å². The van der Waals surface area contributed by atoms with Crippen molar-refractivity contribution in [2.45, 2.75) is 40.2 Å². The number of aryl methyl sites for hydroxylation is 2. The maximum absolute atomic E-state index is 11.4. The Labute approximate surface area is 115 Å². The molecule has 0 saturated carbocycles. The summed E-state index contributed by atoms with van der Waals surface area (Å²) in [6.45, 7) is 9.22. The number of ether oxygens (including phenoxy) is 1. The lowest BCUT2D eigenvalue weighted by atomic mass is 10.1. The minimum Gasteiger partial charge on any atom is -0.491 e. The normalized spacial score (nSPS) is 11.8. The van der Waals surface area contributed by atoms with E-state index in [1.165, 1.54) is 11.1 Å². The Bertz CT molecular complexity index is 419. The highest BCUT2D eigenvalue weighted by Crippen LogP contribution is 2.16. The molecule has 0 unspecified atom stereocenters. The van der Waals surface area contributed by atoms with Gasteiger partial charge in [-0.1, -0.05) is 13.0 Å². The summed E-state index contributed by atoms with van der Waals surface area (Å²) in [5.74, 6) is 0.839. The lowest BCUT2D eigenvalue weighted by Gasteiger charge is -2.16. The highest BCUT2D eigenvalue weighted by atomic mass is 16.5. The monoisotopic (exact) mass is 264 g/mol. The summed E-state index contributed by atoms with van der Waals surface area (Å²) in [6, 6.07) is 5.83. The van der Waals surface area contributed by atoms with Gasteiger partial charge in [-0.3, -0.25) is 0 Å². The molecule has 0 heterocycles. The minimum atomic E-state index is -0.141. The smallest absolute Gasteiger partial charge is 0.315 e. The average Bonchev–Trinajstić information content (AvgIpc) is 2.38. The SMILES string of the molecule is CCCNC(=O)N[C@H](C)COc1ccc(C)c(C)c1. The molecule has 2 N–H and O–H groups in total. The summed E-state index contributed by atoms with van der Waals surface area (Å²) in [5, 5.41) is 5.61. The zero-order valence-electron chi connectivity index (χ0n) is 12.2. The van der Waals surface area contributed by atoms with E-state index in [4.69, 9.17) is 4.74 Å². The number of urea groups is 1. The number of hydrogen-bond acceptors (Lipinski definition) is 2. The summed E-state index contributed by atoms with van der Waals surface area (Å²) in [4.78, 5) is 11.4. The van der Waals surface area contributed by atoms with Crippen molar-refractivity contribution < 1.29 is 9.53 Å². The van der Waals surface area contributed by atoms with Crippen molar-refractivity contribution >= 4 is 6.03 Å². The van der Waals surface area contributed by atoms with E-state index in [9.17, 15) is 4.79 Å². The van der Waals surface area contributed by atoms with Crippen LogP contribution < -0.4 is 15.4 Å². The molecule has 0 aliphatic carbocycles. The quantitative estimate of drug-likeness (QED) is 0.830. The maximum atomic E-state index is 11.4. The van der Waals surface area contributed by atoms with Gasteiger partial charge in [-0.25, -0.2) is 4.79 Å². The number of amides is 2. The number of carbonyl (C=O) groups is 1. The topological polar surface area (TPSA) is 50.4 Å². The first-order valence-corrected chi connectivity index (χ1v) is 6.77. The molecule has 0 aromatic heterocycles. The van der Waals surface area contributed by atoms with E-state index in [2.05, 4.69) is 24.5 Å². The summed E-state index contributed by atoms with van der Waals surface area (Å²) >= 11 is 0. The van der Waals surface area contributed by atoms with Crippen LogP contribution in [0.15, 0.2) is 18.2 Å². The van der Waals surface area contributed by atoms with Crippen LogP contribution in [0, 0.1) is 13.8 Å². The van der Waals surface area contributed by atoms with E-state index in [1.807, 2.05) is 32.0 Å². The predicted molar refractivity (Wildman–Crippen MR) is 77.7 cm³/mol. The van der Waals surface area contributed by atoms with Gasteiger partial charge in [0.1, 0.15) is 12.4 Å². The van der Waals surface area contributed by atoms with Crippen LogP contribution in [0.1, 0.15) is 31.4 Å². The van der Waals surface area contributed by atoms with E-state index in [1.54, 1.807) is 0 Å². The zero-order valence-corrected chi connectivity index (χ0v) is 12.2. The summed E-state index contributed by atoms with van der Waals surface area (Å²) in [6.07, 6.45) is 0.931. The van der Waals surface area contributed by atoms with Crippen molar-refractivity contribution in [3.05, 3.63) is 29.3 Å². The first-order chi connectivity index (χ1) is 9.02. The highest BCUT2D eigenvalue weighted by molar-refractivity contribution is 5.74. The van der Waals surface area contributed by atoms with Gasteiger partial charge < -0.3 is 15.4 Å². The van der Waals surface area contributed by atoms with Crippen LogP contribution in [-0.2, 0) is 0 Å². The lowest BCUT2D eigenvalue weighted by Crippen LogP contribution is -2.43. The zero-order chi connectivity index (χ0) is 14.3. The third kappa shape index (κ3) is 5.64. The Kier molecular flexibility index (Phi) is 6.19. The van der Waals surface area contributed by atoms with Gasteiger partial charge in [0.15, 0.2) is 0 Å². The van der Waals surface area contributed by atoms with Crippen molar-refractivity contribution in [3.63, 3.8) is 0 Å². The molecule has 4 heteroatoms. The van der Waals surface area contributed by atoms with Gasteiger partial charge in [-0.15, -0.1) is 0 Å². The molecule has 1 atom stereocenters. The van der Waals surface area contributed by atoms with Gasteiger partial charge in [0, 0.05) is 6.54 Å². The van der Waals surface area contributed by atoms with Gasteiger partial charge in [-0.05, 0) is 50.5 Å². The summed E-state index contributed by atoms with van der Waals surface area (Å²) in [5.41, 5.74) is 2.45. The average molecular weight is 264 g/mol. The number of rotatable bonds is 6. The Balaban J connectivity index is 2.35. The highest BCUT2D eigenvalue weighted by Gasteiger charge is 2.07. The molecular formula is C15H24N2O2. The number of carbonyl (C=O) groups excluding carboxylic acids is 1. The molecule has 1 aromatic carbocycles. The molecule has 0 fully saturated rings. The van der Waals surface area contributed by atoms with Crippen LogP contribution in [0.5, 0.6) is 5.75 Å². The first-order valence-electron chi connectivity index (χ1n) is 6.77.